The van der Waals surface area contributed by atoms with Gasteiger partial charge in [0.2, 0.25) is 5.78 Å². The van der Waals surface area contributed by atoms with E-state index < -0.39 is 57.0 Å². The molecule has 0 bridgehead atoms. The first-order valence-electron chi connectivity index (χ1n) is 14.1. The van der Waals surface area contributed by atoms with Crippen LogP contribution in [-0.4, -0.2) is 75.1 Å². The zero-order chi connectivity index (χ0) is 31.8. The van der Waals surface area contributed by atoms with E-state index in [1.54, 1.807) is 33.2 Å². The number of likely N-dealkylation sites (N-methyl/N-ethyl adjacent to an activating group) is 1. The van der Waals surface area contributed by atoms with Gasteiger partial charge >= 0.3 is 0 Å². The second-order valence-corrected chi connectivity index (χ2v) is 12.4. The SMILES string of the molecule is CCOc1ccc(-c2ccc(O)c3c2C[C@@]2(C)C[C@@]4(C)[C@H](N(C)C)C(=O)C(C(N)=O)=C(O)[C@@]4(O)C(=O)C2=C3O)cc1CN. The number of Topliss-reactive ketones (excluding diaryl/α,β-unsaturated/α-hetero) is 2. The van der Waals surface area contributed by atoms with Crippen LogP contribution in [0.3, 0.4) is 0 Å². The van der Waals surface area contributed by atoms with Crippen LogP contribution in [0.4, 0.5) is 0 Å². The minimum Gasteiger partial charge on any atom is -0.508 e. The molecule has 5 rings (SSSR count). The first-order chi connectivity index (χ1) is 20.1. The lowest BCUT2D eigenvalue weighted by atomic mass is 9.46. The fraction of sp³-hybridized carbons (Fsp3) is 0.406. The number of benzene rings is 2. The summed E-state index contributed by atoms with van der Waals surface area (Å²) in [6.07, 6.45) is 0.0771. The molecule has 0 spiro atoms. The maximum absolute atomic E-state index is 14.4. The van der Waals surface area contributed by atoms with Crippen LogP contribution in [0, 0.1) is 10.8 Å². The van der Waals surface area contributed by atoms with Gasteiger partial charge in [0, 0.05) is 28.5 Å². The molecule has 3 aliphatic carbocycles. The Labute approximate surface area is 249 Å². The lowest BCUT2D eigenvalue weighted by molar-refractivity contribution is -0.175. The summed E-state index contributed by atoms with van der Waals surface area (Å²) < 4.78 is 5.69. The quantitative estimate of drug-likeness (QED) is 0.271. The summed E-state index contributed by atoms with van der Waals surface area (Å²) in [6, 6.07) is 7.43. The number of rotatable bonds is 6. The highest BCUT2D eigenvalue weighted by Crippen LogP contribution is 2.63. The summed E-state index contributed by atoms with van der Waals surface area (Å²) in [6.45, 7) is 5.80. The van der Waals surface area contributed by atoms with Crippen molar-refractivity contribution >= 4 is 23.2 Å². The number of fused-ring (bicyclic) bond motifs is 3. The number of ketones is 2. The number of phenolic OH excluding ortho intramolecular Hbond substituents is 1. The minimum absolute atomic E-state index is 0.0170. The fourth-order valence-electron chi connectivity index (χ4n) is 7.80. The van der Waals surface area contributed by atoms with Crippen LogP contribution >= 0.6 is 0 Å². The van der Waals surface area contributed by atoms with E-state index in [9.17, 15) is 34.8 Å². The van der Waals surface area contributed by atoms with Crippen LogP contribution in [0.2, 0.25) is 0 Å². The molecule has 2 aromatic carbocycles. The zero-order valence-corrected chi connectivity index (χ0v) is 24.8. The van der Waals surface area contributed by atoms with Crippen molar-refractivity contribution in [3.63, 3.8) is 0 Å². The molecular formula is C32H37N3O8. The maximum Gasteiger partial charge on any atom is 0.255 e. The van der Waals surface area contributed by atoms with Gasteiger partial charge in [-0.1, -0.05) is 26.0 Å². The van der Waals surface area contributed by atoms with E-state index in [1.807, 2.05) is 19.1 Å². The molecule has 2 aromatic rings. The van der Waals surface area contributed by atoms with Gasteiger partial charge in [0.15, 0.2) is 11.4 Å². The van der Waals surface area contributed by atoms with Crippen LogP contribution in [0.25, 0.3) is 16.9 Å². The van der Waals surface area contributed by atoms with Gasteiger partial charge in [0.05, 0.1) is 18.2 Å². The Morgan fingerprint density at radius 2 is 1.79 bits per heavy atom. The maximum atomic E-state index is 14.4. The van der Waals surface area contributed by atoms with E-state index >= 15 is 0 Å². The molecule has 4 atom stereocenters. The number of hydrogen-bond donors (Lipinski definition) is 6. The zero-order valence-electron chi connectivity index (χ0n) is 24.8. The summed E-state index contributed by atoms with van der Waals surface area (Å²) in [5.41, 5.74) is 7.54. The number of phenols is 1. The molecule has 0 aliphatic heterocycles. The molecule has 0 unspecified atom stereocenters. The second kappa shape index (κ2) is 9.94. The van der Waals surface area contributed by atoms with Crippen molar-refractivity contribution < 1.29 is 39.5 Å². The number of aliphatic hydroxyl groups is 3. The van der Waals surface area contributed by atoms with E-state index in [1.165, 1.54) is 17.9 Å². The van der Waals surface area contributed by atoms with Crippen molar-refractivity contribution in [3.8, 4) is 22.6 Å². The van der Waals surface area contributed by atoms with Crippen molar-refractivity contribution in [2.24, 2.45) is 22.3 Å². The molecule has 0 aromatic heterocycles. The highest BCUT2D eigenvalue weighted by molar-refractivity contribution is 6.25. The molecule has 8 N–H and O–H groups in total. The molecule has 1 amide bonds. The molecule has 11 heteroatoms. The summed E-state index contributed by atoms with van der Waals surface area (Å²) >= 11 is 0. The van der Waals surface area contributed by atoms with E-state index in [0.717, 1.165) is 11.1 Å². The predicted octanol–water partition coefficient (Wildman–Crippen LogP) is 2.27. The smallest absolute Gasteiger partial charge is 0.255 e. The number of primary amides is 1. The average Bonchev–Trinajstić information content (AvgIpc) is 2.91. The molecular weight excluding hydrogens is 554 g/mol. The Hall–Kier alpha value is -4.19. The number of amides is 1. The van der Waals surface area contributed by atoms with Crippen molar-refractivity contribution in [1.82, 2.24) is 4.90 Å². The second-order valence-electron chi connectivity index (χ2n) is 12.4. The van der Waals surface area contributed by atoms with Gasteiger partial charge in [-0.3, -0.25) is 19.3 Å². The molecule has 43 heavy (non-hydrogen) atoms. The van der Waals surface area contributed by atoms with Crippen LogP contribution in [-0.2, 0) is 27.3 Å². The monoisotopic (exact) mass is 591 g/mol. The summed E-state index contributed by atoms with van der Waals surface area (Å²) in [7, 11) is 3.14. The molecule has 0 heterocycles. The number of ether oxygens (including phenoxy) is 1. The molecule has 1 saturated carbocycles. The highest BCUT2D eigenvalue weighted by atomic mass is 16.5. The topological polar surface area (TPSA) is 197 Å². The third-order valence-electron chi connectivity index (χ3n) is 9.41. The van der Waals surface area contributed by atoms with Gasteiger partial charge in [-0.05, 0) is 68.8 Å². The van der Waals surface area contributed by atoms with E-state index in [4.69, 9.17) is 16.2 Å². The van der Waals surface area contributed by atoms with E-state index in [-0.39, 0.29) is 36.3 Å². The molecule has 0 radical (unpaired) electrons. The normalized spacial score (nSPS) is 28.5. The van der Waals surface area contributed by atoms with Crippen molar-refractivity contribution in [2.75, 3.05) is 20.7 Å². The van der Waals surface area contributed by atoms with Crippen LogP contribution in [0.1, 0.15) is 43.9 Å². The Morgan fingerprint density at radius 3 is 2.37 bits per heavy atom. The first kappa shape index (κ1) is 30.3. The Morgan fingerprint density at radius 1 is 1.12 bits per heavy atom. The lowest BCUT2D eigenvalue weighted by Crippen LogP contribution is -2.72. The number of hydrogen-bond acceptors (Lipinski definition) is 10. The summed E-state index contributed by atoms with van der Waals surface area (Å²) in [5, 5.41) is 46.0. The molecule has 3 aliphatic rings. The van der Waals surface area contributed by atoms with Gasteiger partial charge in [-0.15, -0.1) is 0 Å². The van der Waals surface area contributed by atoms with E-state index in [0.29, 0.717) is 23.5 Å². The van der Waals surface area contributed by atoms with Crippen LogP contribution in [0.5, 0.6) is 11.5 Å². The average molecular weight is 592 g/mol. The Kier molecular flexibility index (Phi) is 6.99. The minimum atomic E-state index is -2.76. The van der Waals surface area contributed by atoms with Crippen LogP contribution in [0.15, 0.2) is 47.2 Å². The van der Waals surface area contributed by atoms with Crippen LogP contribution < -0.4 is 16.2 Å². The lowest BCUT2D eigenvalue weighted by Gasteiger charge is -2.59. The van der Waals surface area contributed by atoms with Gasteiger partial charge in [0.1, 0.15) is 28.6 Å². The third-order valence-corrected chi connectivity index (χ3v) is 9.41. The number of carbonyl (C=O) groups is 3. The highest BCUT2D eigenvalue weighted by Gasteiger charge is 2.72. The third kappa shape index (κ3) is 3.95. The number of aromatic hydroxyl groups is 1. The Balaban J connectivity index is 1.78. The van der Waals surface area contributed by atoms with Crippen molar-refractivity contribution in [2.45, 2.75) is 51.8 Å². The molecule has 228 valence electrons. The number of nitrogens with two attached hydrogens (primary N) is 2. The largest absolute Gasteiger partial charge is 0.508 e. The number of nitrogens with zero attached hydrogens (tertiary/aromatic N) is 1. The molecule has 1 fully saturated rings. The van der Waals surface area contributed by atoms with Crippen molar-refractivity contribution in [3.05, 3.63) is 63.9 Å². The van der Waals surface area contributed by atoms with E-state index in [2.05, 4.69) is 0 Å². The summed E-state index contributed by atoms with van der Waals surface area (Å²) in [5.74, 6) is -4.50. The molecule has 11 nitrogen and oxygen atoms in total. The molecule has 0 saturated heterocycles. The number of carbonyl (C=O) groups excluding carboxylic acids is 3. The van der Waals surface area contributed by atoms with Gasteiger partial charge < -0.3 is 36.6 Å². The number of aliphatic hydroxyl groups excluding tert-OH is 2. The van der Waals surface area contributed by atoms with Gasteiger partial charge in [-0.2, -0.15) is 0 Å². The fourth-order valence-corrected chi connectivity index (χ4v) is 7.80. The Bertz CT molecular complexity index is 1660. The van der Waals surface area contributed by atoms with Gasteiger partial charge in [-0.25, -0.2) is 0 Å². The summed E-state index contributed by atoms with van der Waals surface area (Å²) in [4.78, 5) is 41.8. The predicted molar refractivity (Wildman–Crippen MR) is 158 cm³/mol. The standard InChI is InChI=1S/C32H37N3O8/c1-6-43-20-10-7-15(11-16(20)13-33)17-8-9-19(36)21-18(17)12-30(2)14-31(3)26(35(4)5)25(38)22(29(34)41)27(39)32(31,42)28(40)23(30)24(21)37/h7-11,26,36-37,39,42H,6,12-14,33H2,1-5H3,(H2,34,41)/t26-,30+,31+,32-/m1/s1. The van der Waals surface area contributed by atoms with Gasteiger partial charge in [0.25, 0.3) is 5.91 Å². The van der Waals surface area contributed by atoms with Crippen molar-refractivity contribution in [1.29, 1.82) is 0 Å². The first-order valence-corrected chi connectivity index (χ1v) is 14.1.